The summed E-state index contributed by atoms with van der Waals surface area (Å²) in [5.41, 5.74) is 0. The Hall–Kier alpha value is -1.14. The van der Waals surface area contributed by atoms with E-state index in [0.29, 0.717) is 26.2 Å². The van der Waals surface area contributed by atoms with Crippen LogP contribution in [0.2, 0.25) is 0 Å². The molecule has 0 N–H and O–H groups in total. The van der Waals surface area contributed by atoms with Gasteiger partial charge in [0.2, 0.25) is 6.29 Å². The Morgan fingerprint density at radius 1 is 1.32 bits per heavy atom. The molecule has 1 aliphatic rings. The van der Waals surface area contributed by atoms with E-state index in [0.717, 1.165) is 6.42 Å². The Balaban J connectivity index is 2.31. The van der Waals surface area contributed by atoms with E-state index < -0.39 is 18.2 Å². The number of carbonyl (C=O) groups is 2. The number of esters is 2. The van der Waals surface area contributed by atoms with Crippen LogP contribution in [-0.4, -0.2) is 44.2 Å². The first-order valence-electron chi connectivity index (χ1n) is 6.56. The van der Waals surface area contributed by atoms with Crippen LogP contribution in [0, 0.1) is 5.92 Å². The molecule has 0 aromatic carbocycles. The molecule has 1 saturated heterocycles. The van der Waals surface area contributed by atoms with Crippen LogP contribution < -0.4 is 0 Å². The van der Waals surface area contributed by atoms with Crippen molar-refractivity contribution in [3.8, 4) is 0 Å². The molecule has 0 saturated carbocycles. The molecular weight excluding hydrogens is 252 g/mol. The van der Waals surface area contributed by atoms with Crippen molar-refractivity contribution < 1.29 is 28.5 Å². The quantitative estimate of drug-likeness (QED) is 0.514. The number of hydrogen-bond donors (Lipinski definition) is 0. The molecule has 0 spiro atoms. The topological polar surface area (TPSA) is 71.1 Å². The lowest BCUT2D eigenvalue weighted by atomic mass is 10.2. The molecule has 0 aromatic heterocycles. The second-order valence-electron chi connectivity index (χ2n) is 4.78. The van der Waals surface area contributed by atoms with Gasteiger partial charge in [-0.15, -0.1) is 0 Å². The van der Waals surface area contributed by atoms with Gasteiger partial charge in [0.15, 0.2) is 0 Å². The third-order valence-electron chi connectivity index (χ3n) is 2.61. The molecule has 19 heavy (non-hydrogen) atoms. The van der Waals surface area contributed by atoms with Crippen molar-refractivity contribution >= 4 is 11.9 Å². The molecule has 0 radical (unpaired) electrons. The van der Waals surface area contributed by atoms with Gasteiger partial charge >= 0.3 is 11.9 Å². The second kappa shape index (κ2) is 8.12. The lowest BCUT2D eigenvalue weighted by Crippen LogP contribution is -2.28. The van der Waals surface area contributed by atoms with Crippen LogP contribution in [0.4, 0.5) is 0 Å². The molecule has 1 rings (SSSR count). The zero-order chi connectivity index (χ0) is 14.3. The normalized spacial score (nSPS) is 20.3. The molecule has 110 valence electrons. The third-order valence-corrected chi connectivity index (χ3v) is 2.61. The molecule has 0 aromatic rings. The van der Waals surface area contributed by atoms with E-state index in [1.165, 1.54) is 6.92 Å². The molecule has 1 aliphatic heterocycles. The Kier molecular flexibility index (Phi) is 6.80. The van der Waals surface area contributed by atoms with Gasteiger partial charge in [0.1, 0.15) is 0 Å². The summed E-state index contributed by atoms with van der Waals surface area (Å²) in [5, 5.41) is 0. The van der Waals surface area contributed by atoms with Gasteiger partial charge in [0, 0.05) is 20.0 Å². The minimum Gasteiger partial charge on any atom is -0.425 e. The lowest BCUT2D eigenvalue weighted by molar-refractivity contribution is -0.192. The fourth-order valence-corrected chi connectivity index (χ4v) is 1.57. The molecule has 1 fully saturated rings. The van der Waals surface area contributed by atoms with Crippen molar-refractivity contribution in [2.24, 2.45) is 5.92 Å². The van der Waals surface area contributed by atoms with E-state index in [9.17, 15) is 9.59 Å². The van der Waals surface area contributed by atoms with Crippen LogP contribution in [0.3, 0.4) is 0 Å². The zero-order valence-electron chi connectivity index (χ0n) is 11.7. The van der Waals surface area contributed by atoms with Gasteiger partial charge in [0.25, 0.3) is 0 Å². The summed E-state index contributed by atoms with van der Waals surface area (Å²) < 4.78 is 20.8. The van der Waals surface area contributed by atoms with Crippen molar-refractivity contribution in [2.45, 2.75) is 46.0 Å². The van der Waals surface area contributed by atoms with Crippen LogP contribution in [-0.2, 0) is 28.5 Å². The molecule has 0 bridgehead atoms. The summed E-state index contributed by atoms with van der Waals surface area (Å²) in [6.45, 7) is 6.38. The fourth-order valence-electron chi connectivity index (χ4n) is 1.57. The highest BCUT2D eigenvalue weighted by molar-refractivity contribution is 5.72. The summed E-state index contributed by atoms with van der Waals surface area (Å²) in [7, 11) is 0. The lowest BCUT2D eigenvalue weighted by Gasteiger charge is -2.19. The van der Waals surface area contributed by atoms with Crippen LogP contribution in [0.5, 0.6) is 0 Å². The minimum absolute atomic E-state index is 0.0822. The summed E-state index contributed by atoms with van der Waals surface area (Å²) in [6, 6.07) is 0. The van der Waals surface area contributed by atoms with Crippen molar-refractivity contribution in [2.75, 3.05) is 19.8 Å². The van der Waals surface area contributed by atoms with E-state index in [2.05, 4.69) is 0 Å². The van der Waals surface area contributed by atoms with Gasteiger partial charge in [-0.25, -0.2) is 0 Å². The van der Waals surface area contributed by atoms with E-state index >= 15 is 0 Å². The molecule has 2 unspecified atom stereocenters. The van der Waals surface area contributed by atoms with E-state index in [-0.39, 0.29) is 12.0 Å². The van der Waals surface area contributed by atoms with Crippen molar-refractivity contribution in [1.29, 1.82) is 0 Å². The highest BCUT2D eigenvalue weighted by Gasteiger charge is 2.21. The van der Waals surface area contributed by atoms with Crippen LogP contribution in [0.1, 0.15) is 33.6 Å². The molecular formula is C13H22O6. The Morgan fingerprint density at radius 3 is 2.58 bits per heavy atom. The number of carbonyl (C=O) groups excluding carboxylic acids is 2. The summed E-state index contributed by atoms with van der Waals surface area (Å²) in [5.74, 6) is -1.14. The smallest absolute Gasteiger partial charge is 0.311 e. The second-order valence-corrected chi connectivity index (χ2v) is 4.78. The zero-order valence-corrected chi connectivity index (χ0v) is 11.7. The maximum Gasteiger partial charge on any atom is 0.311 e. The molecule has 0 aliphatic carbocycles. The average molecular weight is 274 g/mol. The first kappa shape index (κ1) is 15.9. The molecule has 6 heteroatoms. The first-order valence-corrected chi connectivity index (χ1v) is 6.56. The van der Waals surface area contributed by atoms with Gasteiger partial charge < -0.3 is 18.9 Å². The van der Waals surface area contributed by atoms with Gasteiger partial charge in [0.05, 0.1) is 25.2 Å². The summed E-state index contributed by atoms with van der Waals surface area (Å²) in [4.78, 5) is 22.4. The highest BCUT2D eigenvalue weighted by Crippen LogP contribution is 2.11. The highest BCUT2D eigenvalue weighted by atomic mass is 16.7. The van der Waals surface area contributed by atoms with Crippen LogP contribution in [0.25, 0.3) is 0 Å². The van der Waals surface area contributed by atoms with Crippen LogP contribution in [0.15, 0.2) is 0 Å². The fraction of sp³-hybridized carbons (Fsp3) is 0.846. The van der Waals surface area contributed by atoms with Crippen molar-refractivity contribution in [3.05, 3.63) is 0 Å². The predicted octanol–water partition coefficient (Wildman–Crippen LogP) is 1.27. The average Bonchev–Trinajstić information content (AvgIpc) is 2.80. The number of rotatable bonds is 7. The van der Waals surface area contributed by atoms with Crippen LogP contribution >= 0.6 is 0 Å². The van der Waals surface area contributed by atoms with E-state index in [1.54, 1.807) is 13.8 Å². The molecule has 2 atom stereocenters. The molecule has 1 heterocycles. The first-order chi connectivity index (χ1) is 8.99. The largest absolute Gasteiger partial charge is 0.425 e. The van der Waals surface area contributed by atoms with E-state index in [4.69, 9.17) is 18.9 Å². The third kappa shape index (κ3) is 6.54. The predicted molar refractivity (Wildman–Crippen MR) is 66.3 cm³/mol. The van der Waals surface area contributed by atoms with Crippen molar-refractivity contribution in [3.63, 3.8) is 0 Å². The van der Waals surface area contributed by atoms with Gasteiger partial charge in [-0.2, -0.15) is 0 Å². The molecule has 0 amide bonds. The molecule has 6 nitrogen and oxygen atoms in total. The van der Waals surface area contributed by atoms with Crippen molar-refractivity contribution in [1.82, 2.24) is 0 Å². The van der Waals surface area contributed by atoms with Gasteiger partial charge in [-0.05, 0) is 6.42 Å². The Morgan fingerprint density at radius 2 is 2.05 bits per heavy atom. The standard InChI is InChI=1S/C13H22O6/c1-9(2)13(15)19-12(18-10(3)14)5-7-17-11-4-6-16-8-11/h9,11-12H,4-8H2,1-3H3. The van der Waals surface area contributed by atoms with E-state index in [1.807, 2.05) is 0 Å². The maximum atomic E-state index is 11.5. The summed E-state index contributed by atoms with van der Waals surface area (Å²) in [6.07, 6.45) is 0.395. The maximum absolute atomic E-state index is 11.5. The minimum atomic E-state index is -0.880. The van der Waals surface area contributed by atoms with Gasteiger partial charge in [-0.3, -0.25) is 9.59 Å². The monoisotopic (exact) mass is 274 g/mol. The summed E-state index contributed by atoms with van der Waals surface area (Å²) >= 11 is 0. The number of ether oxygens (including phenoxy) is 4. The Labute approximate surface area is 113 Å². The number of hydrogen-bond acceptors (Lipinski definition) is 6. The van der Waals surface area contributed by atoms with Gasteiger partial charge in [-0.1, -0.05) is 13.8 Å². The SMILES string of the molecule is CC(=O)OC(CCOC1CCOC1)OC(=O)C(C)C. The Bertz CT molecular complexity index is 296.